The zero-order valence-corrected chi connectivity index (χ0v) is 11.8. The maximum absolute atomic E-state index is 3.87. The van der Waals surface area contributed by atoms with Gasteiger partial charge in [0.25, 0.3) is 0 Å². The highest BCUT2D eigenvalue weighted by Crippen LogP contribution is 2.24. The van der Waals surface area contributed by atoms with E-state index >= 15 is 0 Å². The Morgan fingerprint density at radius 3 is 2.12 bits per heavy atom. The third kappa shape index (κ3) is 4.84. The Balaban J connectivity index is 2.36. The molecule has 0 heterocycles. The first-order chi connectivity index (χ1) is 7.49. The van der Waals surface area contributed by atoms with E-state index in [-0.39, 0.29) is 0 Å². The van der Waals surface area contributed by atoms with Gasteiger partial charge in [0.2, 0.25) is 0 Å². The zero-order valence-electron chi connectivity index (χ0n) is 11.8. The molecule has 0 saturated heterocycles. The monoisotopic (exact) mass is 226 g/mol. The lowest BCUT2D eigenvalue weighted by Crippen LogP contribution is -2.47. The average molecular weight is 226 g/mol. The summed E-state index contributed by atoms with van der Waals surface area (Å²) in [6.07, 6.45) is 5.56. The van der Waals surface area contributed by atoms with Crippen molar-refractivity contribution in [2.75, 3.05) is 20.6 Å². The van der Waals surface area contributed by atoms with E-state index in [0.717, 1.165) is 24.4 Å². The van der Waals surface area contributed by atoms with Crippen LogP contribution in [0.15, 0.2) is 0 Å². The summed E-state index contributed by atoms with van der Waals surface area (Å²) < 4.78 is 0. The largest absolute Gasteiger partial charge is 0.310 e. The highest BCUT2D eigenvalue weighted by atomic mass is 15.1. The number of rotatable bonds is 5. The molecule has 0 bridgehead atoms. The second kappa shape index (κ2) is 6.61. The van der Waals surface area contributed by atoms with Crippen molar-refractivity contribution in [3.63, 3.8) is 0 Å². The summed E-state index contributed by atoms with van der Waals surface area (Å²) in [5.74, 6) is 1.67. The van der Waals surface area contributed by atoms with Gasteiger partial charge < -0.3 is 10.2 Å². The number of nitrogens with zero attached hydrogens (tertiary/aromatic N) is 1. The molecule has 0 aromatic rings. The molecule has 0 radical (unpaired) electrons. The first-order valence-electron chi connectivity index (χ1n) is 6.89. The predicted octanol–water partition coefficient (Wildman–Crippen LogP) is 2.74. The molecule has 1 fully saturated rings. The van der Waals surface area contributed by atoms with Gasteiger partial charge in [0.1, 0.15) is 0 Å². The first kappa shape index (κ1) is 14.0. The second-order valence-corrected chi connectivity index (χ2v) is 6.24. The average Bonchev–Trinajstić information content (AvgIpc) is 2.19. The summed E-state index contributed by atoms with van der Waals surface area (Å²) >= 11 is 0. The van der Waals surface area contributed by atoms with Crippen LogP contribution >= 0.6 is 0 Å². The van der Waals surface area contributed by atoms with E-state index in [1.54, 1.807) is 0 Å². The molecule has 0 spiro atoms. The van der Waals surface area contributed by atoms with Crippen LogP contribution in [0.1, 0.15) is 46.5 Å². The molecule has 2 heteroatoms. The Morgan fingerprint density at radius 1 is 1.12 bits per heavy atom. The molecule has 1 unspecified atom stereocenters. The normalized spacial score (nSPS) is 28.7. The van der Waals surface area contributed by atoms with Crippen LogP contribution in [-0.2, 0) is 0 Å². The molecule has 96 valence electrons. The summed E-state index contributed by atoms with van der Waals surface area (Å²) in [5, 5.41) is 3.87. The Morgan fingerprint density at radius 2 is 1.69 bits per heavy atom. The summed E-state index contributed by atoms with van der Waals surface area (Å²) in [7, 11) is 4.33. The molecule has 0 amide bonds. The van der Waals surface area contributed by atoms with Crippen LogP contribution in [0.25, 0.3) is 0 Å². The van der Waals surface area contributed by atoms with Gasteiger partial charge in [-0.05, 0) is 51.6 Å². The summed E-state index contributed by atoms with van der Waals surface area (Å²) in [6, 6.07) is 1.41. The van der Waals surface area contributed by atoms with Crippen LogP contribution in [0.4, 0.5) is 0 Å². The van der Waals surface area contributed by atoms with Gasteiger partial charge in [0.15, 0.2) is 0 Å². The van der Waals surface area contributed by atoms with Crippen LogP contribution in [0.2, 0.25) is 0 Å². The molecule has 0 aliphatic heterocycles. The fourth-order valence-corrected chi connectivity index (χ4v) is 2.58. The van der Waals surface area contributed by atoms with Gasteiger partial charge in [-0.1, -0.05) is 20.8 Å². The second-order valence-electron chi connectivity index (χ2n) is 6.24. The van der Waals surface area contributed by atoms with E-state index in [1.165, 1.54) is 25.7 Å². The Bertz CT molecular complexity index is 181. The lowest BCUT2D eigenvalue weighted by Gasteiger charge is -2.34. The van der Waals surface area contributed by atoms with Gasteiger partial charge in [-0.2, -0.15) is 0 Å². The molecule has 2 nitrogen and oxygen atoms in total. The molecule has 1 saturated carbocycles. The van der Waals surface area contributed by atoms with E-state index in [2.05, 4.69) is 45.1 Å². The van der Waals surface area contributed by atoms with Gasteiger partial charge in [0.05, 0.1) is 0 Å². The Labute approximate surface area is 102 Å². The highest BCUT2D eigenvalue weighted by molar-refractivity contribution is 4.82. The van der Waals surface area contributed by atoms with Crippen molar-refractivity contribution in [1.82, 2.24) is 10.2 Å². The summed E-state index contributed by atoms with van der Waals surface area (Å²) in [5.41, 5.74) is 0. The summed E-state index contributed by atoms with van der Waals surface area (Å²) in [4.78, 5) is 2.29. The van der Waals surface area contributed by atoms with Crippen LogP contribution in [0.5, 0.6) is 0 Å². The standard InChI is InChI=1S/C14H30N2/c1-11(2)14(10-16(4)5)15-13-8-6-12(3)7-9-13/h11-15H,6-10H2,1-5H3. The lowest BCUT2D eigenvalue weighted by atomic mass is 9.86. The van der Waals surface area contributed by atoms with Gasteiger partial charge in [-0.3, -0.25) is 0 Å². The maximum Gasteiger partial charge on any atom is 0.0220 e. The van der Waals surface area contributed by atoms with Crippen molar-refractivity contribution >= 4 is 0 Å². The van der Waals surface area contributed by atoms with E-state index in [1.807, 2.05) is 0 Å². The van der Waals surface area contributed by atoms with Gasteiger partial charge in [0, 0.05) is 18.6 Å². The maximum atomic E-state index is 3.87. The molecule has 1 aliphatic rings. The first-order valence-corrected chi connectivity index (χ1v) is 6.89. The molecule has 1 atom stereocenters. The van der Waals surface area contributed by atoms with Crippen molar-refractivity contribution in [3.05, 3.63) is 0 Å². The molecule has 1 aliphatic carbocycles. The molecule has 0 aromatic carbocycles. The van der Waals surface area contributed by atoms with Gasteiger partial charge in [-0.15, -0.1) is 0 Å². The van der Waals surface area contributed by atoms with E-state index < -0.39 is 0 Å². The molecule has 16 heavy (non-hydrogen) atoms. The fraction of sp³-hybridized carbons (Fsp3) is 1.00. The minimum atomic E-state index is 0.647. The van der Waals surface area contributed by atoms with E-state index in [0.29, 0.717) is 6.04 Å². The zero-order chi connectivity index (χ0) is 12.1. The van der Waals surface area contributed by atoms with Crippen LogP contribution in [0, 0.1) is 11.8 Å². The Hall–Kier alpha value is -0.0800. The summed E-state index contributed by atoms with van der Waals surface area (Å²) in [6.45, 7) is 8.19. The smallest absolute Gasteiger partial charge is 0.0220 e. The van der Waals surface area contributed by atoms with Crippen molar-refractivity contribution in [1.29, 1.82) is 0 Å². The van der Waals surface area contributed by atoms with E-state index in [4.69, 9.17) is 0 Å². The number of likely N-dealkylation sites (N-methyl/N-ethyl adjacent to an activating group) is 1. The van der Waals surface area contributed by atoms with Gasteiger partial charge >= 0.3 is 0 Å². The number of nitrogens with one attached hydrogen (secondary N) is 1. The van der Waals surface area contributed by atoms with Crippen molar-refractivity contribution < 1.29 is 0 Å². The third-order valence-electron chi connectivity index (χ3n) is 3.83. The van der Waals surface area contributed by atoms with Crippen LogP contribution < -0.4 is 5.32 Å². The van der Waals surface area contributed by atoms with Crippen molar-refractivity contribution in [2.45, 2.75) is 58.5 Å². The molecule has 1 rings (SSSR count). The third-order valence-corrected chi connectivity index (χ3v) is 3.83. The van der Waals surface area contributed by atoms with E-state index in [9.17, 15) is 0 Å². The minimum absolute atomic E-state index is 0.647. The van der Waals surface area contributed by atoms with Crippen molar-refractivity contribution in [3.8, 4) is 0 Å². The molecule has 1 N–H and O–H groups in total. The van der Waals surface area contributed by atoms with Crippen LogP contribution in [-0.4, -0.2) is 37.6 Å². The lowest BCUT2D eigenvalue weighted by molar-refractivity contribution is 0.229. The minimum Gasteiger partial charge on any atom is -0.310 e. The topological polar surface area (TPSA) is 15.3 Å². The predicted molar refractivity (Wildman–Crippen MR) is 71.7 cm³/mol. The number of hydrogen-bond donors (Lipinski definition) is 1. The van der Waals surface area contributed by atoms with Crippen molar-refractivity contribution in [2.24, 2.45) is 11.8 Å². The SMILES string of the molecule is CC1CCC(NC(CN(C)C)C(C)C)CC1. The van der Waals surface area contributed by atoms with Gasteiger partial charge in [-0.25, -0.2) is 0 Å². The molecular weight excluding hydrogens is 196 g/mol. The highest BCUT2D eigenvalue weighted by Gasteiger charge is 2.22. The fourth-order valence-electron chi connectivity index (χ4n) is 2.58. The molecule has 0 aromatic heterocycles. The molecular formula is C14H30N2. The number of hydrogen-bond acceptors (Lipinski definition) is 2. The quantitative estimate of drug-likeness (QED) is 0.775. The Kier molecular flexibility index (Phi) is 5.77. The van der Waals surface area contributed by atoms with Crippen LogP contribution in [0.3, 0.4) is 0 Å².